The molecule has 2 rings (SSSR count). The highest BCUT2D eigenvalue weighted by Crippen LogP contribution is 2.23. The summed E-state index contributed by atoms with van der Waals surface area (Å²) in [6.45, 7) is 1.04. The van der Waals surface area contributed by atoms with Gasteiger partial charge in [-0.2, -0.15) is 8.78 Å². The summed E-state index contributed by atoms with van der Waals surface area (Å²) in [6, 6.07) is 7.62. The Hall–Kier alpha value is -1.95. The van der Waals surface area contributed by atoms with Gasteiger partial charge in [-0.25, -0.2) is 0 Å². The van der Waals surface area contributed by atoms with Crippen molar-refractivity contribution in [3.8, 4) is 5.75 Å². The van der Waals surface area contributed by atoms with Crippen LogP contribution in [0.3, 0.4) is 0 Å². The molecule has 0 fully saturated rings. The molecule has 1 heterocycles. The number of halogens is 2. The number of amides is 1. The standard InChI is InChI=1S/C14H13F2NO2S/c1-8-7-12(20-9(8)2)13(18)17-10-3-5-11(6-4-10)19-14(15)16/h3-7,14H,1-2H3,(H,17,18). The first kappa shape index (κ1) is 14.5. The number of benzene rings is 1. The average molecular weight is 297 g/mol. The van der Waals surface area contributed by atoms with Crippen LogP contribution in [0.2, 0.25) is 0 Å². The zero-order chi connectivity index (χ0) is 14.7. The molecule has 1 aromatic heterocycles. The number of rotatable bonds is 4. The van der Waals surface area contributed by atoms with Gasteiger partial charge >= 0.3 is 6.61 Å². The van der Waals surface area contributed by atoms with Crippen LogP contribution in [0.5, 0.6) is 5.75 Å². The number of ether oxygens (including phenoxy) is 1. The Labute approximate surface area is 119 Å². The van der Waals surface area contributed by atoms with Crippen LogP contribution in [0.4, 0.5) is 14.5 Å². The van der Waals surface area contributed by atoms with E-state index in [2.05, 4.69) is 10.1 Å². The monoisotopic (exact) mass is 297 g/mol. The number of anilines is 1. The summed E-state index contributed by atoms with van der Waals surface area (Å²) in [6.07, 6.45) is 0. The predicted molar refractivity (Wildman–Crippen MR) is 74.8 cm³/mol. The molecular weight excluding hydrogens is 284 g/mol. The van der Waals surface area contributed by atoms with Crippen molar-refractivity contribution in [3.63, 3.8) is 0 Å². The second kappa shape index (κ2) is 6.00. The number of hydrogen-bond donors (Lipinski definition) is 1. The minimum atomic E-state index is -2.85. The van der Waals surface area contributed by atoms with Crippen molar-refractivity contribution in [2.45, 2.75) is 20.5 Å². The second-order valence-corrected chi connectivity index (χ2v) is 5.46. The molecule has 0 atom stereocenters. The number of nitrogens with one attached hydrogen (secondary N) is 1. The first-order valence-electron chi connectivity index (χ1n) is 5.89. The van der Waals surface area contributed by atoms with Crippen molar-refractivity contribution in [2.75, 3.05) is 5.32 Å². The van der Waals surface area contributed by atoms with E-state index >= 15 is 0 Å². The van der Waals surface area contributed by atoms with Crippen LogP contribution in [-0.2, 0) is 0 Å². The quantitative estimate of drug-likeness (QED) is 0.917. The van der Waals surface area contributed by atoms with Gasteiger partial charge in [-0.3, -0.25) is 4.79 Å². The van der Waals surface area contributed by atoms with E-state index in [1.54, 1.807) is 0 Å². The lowest BCUT2D eigenvalue weighted by Gasteiger charge is -2.06. The van der Waals surface area contributed by atoms with Crippen molar-refractivity contribution >= 4 is 22.9 Å². The molecule has 0 saturated heterocycles. The maximum atomic E-state index is 12.0. The molecule has 1 aromatic carbocycles. The van der Waals surface area contributed by atoms with Crippen LogP contribution in [0.25, 0.3) is 0 Å². The lowest BCUT2D eigenvalue weighted by atomic mass is 10.2. The van der Waals surface area contributed by atoms with Gasteiger partial charge in [0, 0.05) is 10.6 Å². The molecule has 0 saturated carbocycles. The van der Waals surface area contributed by atoms with Crippen LogP contribution in [0.1, 0.15) is 20.1 Å². The van der Waals surface area contributed by atoms with E-state index in [0.29, 0.717) is 10.6 Å². The molecular formula is C14H13F2NO2S. The Morgan fingerprint density at radius 3 is 2.40 bits per heavy atom. The zero-order valence-corrected chi connectivity index (χ0v) is 11.8. The first-order chi connectivity index (χ1) is 9.45. The summed E-state index contributed by atoms with van der Waals surface area (Å²) in [5.74, 6) is -0.158. The van der Waals surface area contributed by atoms with E-state index in [4.69, 9.17) is 0 Å². The molecule has 106 valence electrons. The molecule has 0 unspecified atom stereocenters. The first-order valence-corrected chi connectivity index (χ1v) is 6.70. The smallest absolute Gasteiger partial charge is 0.387 e. The number of carbonyl (C=O) groups excluding carboxylic acids is 1. The molecule has 1 N–H and O–H groups in total. The Bertz CT molecular complexity index is 589. The summed E-state index contributed by atoms with van der Waals surface area (Å²) in [4.78, 5) is 13.7. The number of thiophene rings is 1. The molecule has 0 aliphatic heterocycles. The number of carbonyl (C=O) groups is 1. The van der Waals surface area contributed by atoms with Gasteiger partial charge in [0.25, 0.3) is 5.91 Å². The molecule has 0 aliphatic rings. The third-order valence-electron chi connectivity index (χ3n) is 2.73. The van der Waals surface area contributed by atoms with Gasteiger partial charge in [0.1, 0.15) is 5.75 Å². The van der Waals surface area contributed by atoms with Gasteiger partial charge in [0.15, 0.2) is 0 Å². The van der Waals surface area contributed by atoms with Crippen LogP contribution in [-0.4, -0.2) is 12.5 Å². The maximum absolute atomic E-state index is 12.0. The Morgan fingerprint density at radius 1 is 1.25 bits per heavy atom. The van der Waals surface area contributed by atoms with Gasteiger partial charge in [-0.1, -0.05) is 0 Å². The van der Waals surface area contributed by atoms with E-state index in [0.717, 1.165) is 10.4 Å². The molecule has 0 bridgehead atoms. The van der Waals surface area contributed by atoms with Gasteiger partial charge in [-0.05, 0) is 49.7 Å². The average Bonchev–Trinajstić information content (AvgIpc) is 2.71. The minimum Gasteiger partial charge on any atom is -0.435 e. The van der Waals surface area contributed by atoms with Crippen LogP contribution < -0.4 is 10.1 Å². The van der Waals surface area contributed by atoms with Crippen molar-refractivity contribution < 1.29 is 18.3 Å². The van der Waals surface area contributed by atoms with Crippen molar-refractivity contribution in [1.82, 2.24) is 0 Å². The zero-order valence-electron chi connectivity index (χ0n) is 10.9. The van der Waals surface area contributed by atoms with Gasteiger partial charge in [0.2, 0.25) is 0 Å². The highest BCUT2D eigenvalue weighted by Gasteiger charge is 2.11. The summed E-state index contributed by atoms with van der Waals surface area (Å²) in [5, 5.41) is 2.71. The fraction of sp³-hybridized carbons (Fsp3) is 0.214. The van der Waals surface area contributed by atoms with Gasteiger partial charge in [-0.15, -0.1) is 11.3 Å². The molecule has 20 heavy (non-hydrogen) atoms. The largest absolute Gasteiger partial charge is 0.435 e. The number of alkyl halides is 2. The topological polar surface area (TPSA) is 38.3 Å². The van der Waals surface area contributed by atoms with Gasteiger partial charge in [0.05, 0.1) is 4.88 Å². The lowest BCUT2D eigenvalue weighted by Crippen LogP contribution is -2.10. The van der Waals surface area contributed by atoms with E-state index in [-0.39, 0.29) is 11.7 Å². The van der Waals surface area contributed by atoms with Crippen molar-refractivity contribution in [3.05, 3.63) is 45.6 Å². The van der Waals surface area contributed by atoms with E-state index in [1.165, 1.54) is 35.6 Å². The molecule has 2 aromatic rings. The van der Waals surface area contributed by atoms with Crippen molar-refractivity contribution in [2.24, 2.45) is 0 Å². The van der Waals surface area contributed by atoms with E-state index in [1.807, 2.05) is 19.9 Å². The van der Waals surface area contributed by atoms with E-state index < -0.39 is 6.61 Å². The minimum absolute atomic E-state index is 0.0563. The summed E-state index contributed by atoms with van der Waals surface area (Å²) >= 11 is 1.42. The van der Waals surface area contributed by atoms with Crippen LogP contribution in [0.15, 0.2) is 30.3 Å². The molecule has 0 radical (unpaired) electrons. The predicted octanol–water partition coefficient (Wildman–Crippen LogP) is 4.22. The maximum Gasteiger partial charge on any atom is 0.387 e. The molecule has 1 amide bonds. The molecule has 3 nitrogen and oxygen atoms in total. The summed E-state index contributed by atoms with van der Waals surface area (Å²) < 4.78 is 28.2. The van der Waals surface area contributed by atoms with Gasteiger partial charge < -0.3 is 10.1 Å². The SMILES string of the molecule is Cc1cc(C(=O)Nc2ccc(OC(F)F)cc2)sc1C. The summed E-state index contributed by atoms with van der Waals surface area (Å²) in [5.41, 5.74) is 1.60. The normalized spacial score (nSPS) is 10.7. The third kappa shape index (κ3) is 3.54. The van der Waals surface area contributed by atoms with Crippen LogP contribution in [0, 0.1) is 13.8 Å². The molecule has 0 aliphatic carbocycles. The molecule has 6 heteroatoms. The number of aryl methyl sites for hydroxylation is 2. The fourth-order valence-corrected chi connectivity index (χ4v) is 2.53. The van der Waals surface area contributed by atoms with Crippen LogP contribution >= 0.6 is 11.3 Å². The Kier molecular flexibility index (Phi) is 4.34. The van der Waals surface area contributed by atoms with Crippen molar-refractivity contribution in [1.29, 1.82) is 0 Å². The third-order valence-corrected chi connectivity index (χ3v) is 3.88. The Balaban J connectivity index is 2.04. The highest BCUT2D eigenvalue weighted by molar-refractivity contribution is 7.14. The second-order valence-electron chi connectivity index (χ2n) is 4.21. The number of hydrogen-bond acceptors (Lipinski definition) is 3. The fourth-order valence-electron chi connectivity index (χ4n) is 1.60. The summed E-state index contributed by atoms with van der Waals surface area (Å²) in [7, 11) is 0. The lowest BCUT2D eigenvalue weighted by molar-refractivity contribution is -0.0498. The molecule has 0 spiro atoms. The Morgan fingerprint density at radius 2 is 1.90 bits per heavy atom. The highest BCUT2D eigenvalue weighted by atomic mass is 32.1. The van der Waals surface area contributed by atoms with E-state index in [9.17, 15) is 13.6 Å².